The van der Waals surface area contributed by atoms with Crippen LogP contribution in [-0.4, -0.2) is 6.04 Å². The molecule has 0 radical (unpaired) electrons. The zero-order chi connectivity index (χ0) is 12.8. The molecule has 1 nitrogen and oxygen atoms in total. The summed E-state index contributed by atoms with van der Waals surface area (Å²) in [5.41, 5.74) is 1.47. The fourth-order valence-corrected chi connectivity index (χ4v) is 2.95. The summed E-state index contributed by atoms with van der Waals surface area (Å²) < 4.78 is 0. The van der Waals surface area contributed by atoms with Gasteiger partial charge in [-0.05, 0) is 30.7 Å². The van der Waals surface area contributed by atoms with Gasteiger partial charge in [-0.2, -0.15) is 0 Å². The zero-order valence-electron chi connectivity index (χ0n) is 11.9. The van der Waals surface area contributed by atoms with E-state index in [0.717, 1.165) is 12.0 Å². The predicted molar refractivity (Wildman–Crippen MR) is 78.6 cm³/mol. The van der Waals surface area contributed by atoms with Gasteiger partial charge in [-0.25, -0.2) is 0 Å². The average molecular weight is 245 g/mol. The normalized spacial score (nSPS) is 24.6. The van der Waals surface area contributed by atoms with E-state index in [2.05, 4.69) is 49.5 Å². The summed E-state index contributed by atoms with van der Waals surface area (Å²) >= 11 is 0. The molecule has 1 aliphatic carbocycles. The van der Waals surface area contributed by atoms with Crippen molar-refractivity contribution in [1.82, 2.24) is 5.32 Å². The zero-order valence-corrected chi connectivity index (χ0v) is 11.9. The van der Waals surface area contributed by atoms with Gasteiger partial charge in [0.15, 0.2) is 0 Å². The van der Waals surface area contributed by atoms with Crippen LogP contribution >= 0.6 is 0 Å². The maximum Gasteiger partial charge on any atom is 0.0322 e. The molecule has 0 saturated heterocycles. The Kier molecular flexibility index (Phi) is 5.25. The first kappa shape index (κ1) is 13.6. The molecule has 1 fully saturated rings. The monoisotopic (exact) mass is 245 g/mol. The van der Waals surface area contributed by atoms with Gasteiger partial charge in [-0.1, -0.05) is 63.4 Å². The van der Waals surface area contributed by atoms with Gasteiger partial charge in [-0.15, -0.1) is 0 Å². The van der Waals surface area contributed by atoms with Crippen LogP contribution in [0.4, 0.5) is 0 Å². The quantitative estimate of drug-likeness (QED) is 0.687. The smallest absolute Gasteiger partial charge is 0.0322 e. The molecule has 1 atom stereocenters. The third-order valence-electron chi connectivity index (χ3n) is 4.11. The summed E-state index contributed by atoms with van der Waals surface area (Å²) in [4.78, 5) is 0. The first-order valence-electron chi connectivity index (χ1n) is 7.60. The van der Waals surface area contributed by atoms with Crippen molar-refractivity contribution in [2.24, 2.45) is 5.92 Å². The van der Waals surface area contributed by atoms with Crippen molar-refractivity contribution in [3.05, 3.63) is 35.9 Å². The molecule has 1 aromatic rings. The fourth-order valence-electron chi connectivity index (χ4n) is 2.95. The van der Waals surface area contributed by atoms with Crippen molar-refractivity contribution in [1.29, 1.82) is 0 Å². The van der Waals surface area contributed by atoms with Crippen LogP contribution < -0.4 is 5.32 Å². The highest BCUT2D eigenvalue weighted by Crippen LogP contribution is 2.30. The third-order valence-corrected chi connectivity index (χ3v) is 4.11. The minimum absolute atomic E-state index is 0.565. The van der Waals surface area contributed by atoms with Crippen LogP contribution in [0.3, 0.4) is 0 Å². The maximum atomic E-state index is 3.86. The Bertz CT molecular complexity index is 327. The molecule has 0 heterocycles. The maximum absolute atomic E-state index is 3.86. The minimum Gasteiger partial charge on any atom is -0.307 e. The number of nitrogens with one attached hydrogen (secondary N) is 1. The molecule has 1 heteroatoms. The Balaban J connectivity index is 1.90. The van der Waals surface area contributed by atoms with Crippen molar-refractivity contribution in [3.63, 3.8) is 0 Å². The highest BCUT2D eigenvalue weighted by molar-refractivity contribution is 5.19. The van der Waals surface area contributed by atoms with Gasteiger partial charge in [0, 0.05) is 12.1 Å². The molecule has 0 amide bonds. The Hall–Kier alpha value is -0.820. The van der Waals surface area contributed by atoms with E-state index in [1.807, 2.05) is 0 Å². The Morgan fingerprint density at radius 1 is 1.17 bits per heavy atom. The van der Waals surface area contributed by atoms with Gasteiger partial charge in [0.25, 0.3) is 0 Å². The van der Waals surface area contributed by atoms with Crippen molar-refractivity contribution in [2.75, 3.05) is 0 Å². The number of unbranched alkanes of at least 4 members (excludes halogenated alkanes) is 2. The molecular formula is C17H27N. The number of benzene rings is 1. The van der Waals surface area contributed by atoms with E-state index in [4.69, 9.17) is 0 Å². The van der Waals surface area contributed by atoms with E-state index in [1.54, 1.807) is 0 Å². The second-order valence-corrected chi connectivity index (χ2v) is 5.90. The SMILES string of the molecule is CCCCCC(NC1CC(C)C1)c1ccccc1. The number of hydrogen-bond acceptors (Lipinski definition) is 1. The first-order chi connectivity index (χ1) is 8.79. The molecule has 0 aromatic heterocycles. The molecule has 1 unspecified atom stereocenters. The third kappa shape index (κ3) is 3.84. The summed E-state index contributed by atoms with van der Waals surface area (Å²) in [5, 5.41) is 3.86. The van der Waals surface area contributed by atoms with Crippen molar-refractivity contribution >= 4 is 0 Å². The Labute approximate surface area is 112 Å². The minimum atomic E-state index is 0.565. The van der Waals surface area contributed by atoms with Gasteiger partial charge in [0.05, 0.1) is 0 Å². The van der Waals surface area contributed by atoms with E-state index < -0.39 is 0 Å². The standard InChI is InChI=1S/C17H27N/c1-3-4-6-11-17(15-9-7-5-8-10-15)18-16-12-14(2)13-16/h5,7-10,14,16-18H,3-4,6,11-13H2,1-2H3. The highest BCUT2D eigenvalue weighted by Gasteiger charge is 2.27. The molecule has 0 bridgehead atoms. The summed E-state index contributed by atoms with van der Waals surface area (Å²) in [7, 11) is 0. The van der Waals surface area contributed by atoms with Gasteiger partial charge < -0.3 is 5.32 Å². The molecule has 100 valence electrons. The van der Waals surface area contributed by atoms with Crippen LogP contribution in [0.1, 0.15) is 64.0 Å². The summed E-state index contributed by atoms with van der Waals surface area (Å²) in [5.74, 6) is 0.926. The summed E-state index contributed by atoms with van der Waals surface area (Å²) in [6.45, 7) is 4.63. The van der Waals surface area contributed by atoms with Crippen LogP contribution in [0.15, 0.2) is 30.3 Å². The van der Waals surface area contributed by atoms with Crippen LogP contribution in [0.5, 0.6) is 0 Å². The first-order valence-corrected chi connectivity index (χ1v) is 7.60. The van der Waals surface area contributed by atoms with E-state index in [9.17, 15) is 0 Å². The molecule has 1 saturated carbocycles. The summed E-state index contributed by atoms with van der Waals surface area (Å²) in [6.07, 6.45) is 8.00. The van der Waals surface area contributed by atoms with Gasteiger partial charge in [0.1, 0.15) is 0 Å². The topological polar surface area (TPSA) is 12.0 Å². The lowest BCUT2D eigenvalue weighted by Crippen LogP contribution is -2.42. The largest absolute Gasteiger partial charge is 0.307 e. The van der Waals surface area contributed by atoms with E-state index in [-0.39, 0.29) is 0 Å². The van der Waals surface area contributed by atoms with Gasteiger partial charge >= 0.3 is 0 Å². The molecule has 0 aliphatic heterocycles. The lowest BCUT2D eigenvalue weighted by atomic mass is 9.81. The lowest BCUT2D eigenvalue weighted by Gasteiger charge is -2.37. The fraction of sp³-hybridized carbons (Fsp3) is 0.647. The van der Waals surface area contributed by atoms with Crippen molar-refractivity contribution < 1.29 is 0 Å². The van der Waals surface area contributed by atoms with Crippen LogP contribution in [0, 0.1) is 5.92 Å². The molecule has 18 heavy (non-hydrogen) atoms. The Morgan fingerprint density at radius 3 is 2.50 bits per heavy atom. The molecule has 0 spiro atoms. The van der Waals surface area contributed by atoms with Crippen LogP contribution in [0.25, 0.3) is 0 Å². The van der Waals surface area contributed by atoms with E-state index in [1.165, 1.54) is 44.1 Å². The summed E-state index contributed by atoms with van der Waals surface area (Å²) in [6, 6.07) is 12.3. The van der Waals surface area contributed by atoms with Crippen molar-refractivity contribution in [3.8, 4) is 0 Å². The lowest BCUT2D eigenvalue weighted by molar-refractivity contribution is 0.217. The molecular weight excluding hydrogens is 218 g/mol. The van der Waals surface area contributed by atoms with E-state index in [0.29, 0.717) is 6.04 Å². The van der Waals surface area contributed by atoms with Crippen LogP contribution in [0.2, 0.25) is 0 Å². The van der Waals surface area contributed by atoms with Gasteiger partial charge in [0.2, 0.25) is 0 Å². The second-order valence-electron chi connectivity index (χ2n) is 5.90. The van der Waals surface area contributed by atoms with Gasteiger partial charge in [-0.3, -0.25) is 0 Å². The molecule has 1 aromatic carbocycles. The van der Waals surface area contributed by atoms with E-state index >= 15 is 0 Å². The van der Waals surface area contributed by atoms with Crippen molar-refractivity contribution in [2.45, 2.75) is 64.5 Å². The average Bonchev–Trinajstić information content (AvgIpc) is 2.36. The number of hydrogen-bond donors (Lipinski definition) is 1. The highest BCUT2D eigenvalue weighted by atomic mass is 15.0. The Morgan fingerprint density at radius 2 is 1.89 bits per heavy atom. The molecule has 1 aliphatic rings. The van der Waals surface area contributed by atoms with Crippen LogP contribution in [-0.2, 0) is 0 Å². The predicted octanol–water partition coefficient (Wildman–Crippen LogP) is 4.70. The molecule has 2 rings (SSSR count). The molecule has 1 N–H and O–H groups in total. The number of rotatable bonds is 7. The second kappa shape index (κ2) is 6.94.